The number of hydrogen-bond acceptors (Lipinski definition) is 8. The molecule has 2 saturated heterocycles. The average Bonchev–Trinajstić information content (AvgIpc) is 3.01. The normalized spacial score (nSPS) is 34.5. The van der Waals surface area contributed by atoms with Crippen LogP contribution in [0.4, 0.5) is 0 Å². The molecule has 0 aliphatic carbocycles. The summed E-state index contributed by atoms with van der Waals surface area (Å²) in [5.41, 5.74) is -1.02. The number of rotatable bonds is 10. The van der Waals surface area contributed by atoms with Crippen molar-refractivity contribution in [1.82, 2.24) is 10.6 Å². The van der Waals surface area contributed by atoms with Gasteiger partial charge in [0.15, 0.2) is 0 Å². The highest BCUT2D eigenvalue weighted by Gasteiger charge is 2.51. The molecular weight excluding hydrogens is 509 g/mol. The van der Waals surface area contributed by atoms with Gasteiger partial charge in [0.2, 0.25) is 12.5 Å². The van der Waals surface area contributed by atoms with Crippen LogP contribution in [0.5, 0.6) is 0 Å². The molecule has 6 N–H and O–H groups in total. The number of carbonyl (C=O) groups excluding carboxylic acids is 1. The van der Waals surface area contributed by atoms with E-state index in [1.165, 1.54) is 0 Å². The predicted octanol–water partition coefficient (Wildman–Crippen LogP) is 0.844. The lowest BCUT2D eigenvalue weighted by Gasteiger charge is -2.45. The van der Waals surface area contributed by atoms with Crippen LogP contribution in [0, 0.1) is 12.5 Å². The van der Waals surface area contributed by atoms with Crippen LogP contribution >= 0.6 is 31.2 Å². The standard InChI is InChI=1S/C20H35ClN3O8PS/c1-11(21)14(17-15(25)16(26)18(20(31-17)34-3)32-33(28,29)30)24-19(27)13-7-6-12(8-10-23-13)5-4-9-22-2/h11-18,20,23,25-26H,4-10H2,1,3H3,(H,24,27)(H2,28,29,30)/t11-,12-,13-,14+,15+,16-,17+,18+,20+/m0/s1. The maximum atomic E-state index is 13.1. The number of alkyl halides is 1. The third-order valence-corrected chi connectivity index (χ3v) is 7.87. The van der Waals surface area contributed by atoms with Gasteiger partial charge in [-0.05, 0) is 51.3 Å². The van der Waals surface area contributed by atoms with Crippen molar-refractivity contribution in [1.29, 1.82) is 0 Å². The van der Waals surface area contributed by atoms with Crippen LogP contribution in [-0.4, -0.2) is 92.6 Å². The Kier molecular flexibility index (Phi) is 12.0. The highest BCUT2D eigenvalue weighted by Crippen LogP contribution is 2.43. The van der Waals surface area contributed by atoms with E-state index in [0.717, 1.165) is 37.4 Å². The number of nitrogens with zero attached hydrogens (tertiary/aromatic N) is 1. The number of carbonyl (C=O) groups is 1. The molecule has 0 spiro atoms. The van der Waals surface area contributed by atoms with Gasteiger partial charge in [0.05, 0.1) is 17.5 Å². The van der Waals surface area contributed by atoms with Gasteiger partial charge in [-0.2, -0.15) is 0 Å². The molecule has 34 heavy (non-hydrogen) atoms. The molecule has 11 nitrogen and oxygen atoms in total. The first-order chi connectivity index (χ1) is 16.0. The van der Waals surface area contributed by atoms with Crippen molar-refractivity contribution in [2.45, 2.75) is 86.3 Å². The Balaban J connectivity index is 2.06. The summed E-state index contributed by atoms with van der Waals surface area (Å²) in [5.74, 6) is 0.139. The Labute approximate surface area is 209 Å². The van der Waals surface area contributed by atoms with Gasteiger partial charge in [0.1, 0.15) is 29.9 Å². The summed E-state index contributed by atoms with van der Waals surface area (Å²) in [6, 6.07) is -1.35. The zero-order chi connectivity index (χ0) is 25.5. The van der Waals surface area contributed by atoms with Gasteiger partial charge in [-0.3, -0.25) is 9.32 Å². The molecule has 14 heteroatoms. The van der Waals surface area contributed by atoms with Gasteiger partial charge in [-0.15, -0.1) is 23.4 Å². The fraction of sp³-hybridized carbons (Fsp3) is 0.900. The molecule has 1 amide bonds. The first-order valence-corrected chi connectivity index (χ1v) is 14.5. The Bertz CT molecular complexity index is 752. The van der Waals surface area contributed by atoms with E-state index in [1.807, 2.05) is 0 Å². The van der Waals surface area contributed by atoms with Crippen molar-refractivity contribution in [2.24, 2.45) is 5.92 Å². The molecule has 2 rings (SSSR count). The molecule has 0 unspecified atom stereocenters. The summed E-state index contributed by atoms with van der Waals surface area (Å²) >= 11 is 7.38. The quantitative estimate of drug-likeness (QED) is 0.101. The predicted molar refractivity (Wildman–Crippen MR) is 128 cm³/mol. The molecule has 2 aliphatic rings. The lowest BCUT2D eigenvalue weighted by atomic mass is 9.92. The zero-order valence-corrected chi connectivity index (χ0v) is 21.7. The second-order valence-corrected chi connectivity index (χ2v) is 11.5. The summed E-state index contributed by atoms with van der Waals surface area (Å²) in [6.07, 6.45) is -0.116. The Morgan fingerprint density at radius 2 is 2.06 bits per heavy atom. The van der Waals surface area contributed by atoms with E-state index < -0.39 is 55.1 Å². The van der Waals surface area contributed by atoms with Crippen LogP contribution in [0.3, 0.4) is 0 Å². The second kappa shape index (κ2) is 13.7. The van der Waals surface area contributed by atoms with Gasteiger partial charge in [0, 0.05) is 6.42 Å². The number of hydrogen-bond donors (Lipinski definition) is 6. The fourth-order valence-electron chi connectivity index (χ4n) is 4.42. The fourth-order valence-corrected chi connectivity index (χ4v) is 5.99. The lowest BCUT2D eigenvalue weighted by Crippen LogP contribution is -2.65. The average molecular weight is 544 g/mol. The lowest BCUT2D eigenvalue weighted by molar-refractivity contribution is -0.201. The SMILES string of the molecule is [C-]#[N+]CCC[C@@H]1CCN[C@H](C(=O)N[C@@H]([C@H]2O[C@H](SC)[C@H](OP(=O)(O)O)[C@@H](O)[C@H]2O)[C@H](C)Cl)CC1. The summed E-state index contributed by atoms with van der Waals surface area (Å²) in [5, 5.41) is 26.6. The van der Waals surface area contributed by atoms with Crippen LogP contribution < -0.4 is 10.6 Å². The third-order valence-electron chi connectivity index (χ3n) is 6.24. The van der Waals surface area contributed by atoms with E-state index in [2.05, 4.69) is 20.0 Å². The van der Waals surface area contributed by atoms with Crippen LogP contribution in [0.25, 0.3) is 4.85 Å². The summed E-state index contributed by atoms with van der Waals surface area (Å²) < 4.78 is 21.8. The van der Waals surface area contributed by atoms with E-state index in [0.29, 0.717) is 25.4 Å². The van der Waals surface area contributed by atoms with Crippen LogP contribution in [0.2, 0.25) is 0 Å². The van der Waals surface area contributed by atoms with Gasteiger partial charge < -0.3 is 40.2 Å². The van der Waals surface area contributed by atoms with Crippen molar-refractivity contribution in [2.75, 3.05) is 19.3 Å². The topological polar surface area (TPSA) is 162 Å². The van der Waals surface area contributed by atoms with Crippen LogP contribution in [-0.2, 0) is 18.6 Å². The maximum absolute atomic E-state index is 13.1. The smallest absolute Gasteiger partial charge is 0.388 e. The number of aliphatic hydroxyl groups is 2. The van der Waals surface area contributed by atoms with Crippen molar-refractivity contribution in [3.63, 3.8) is 0 Å². The van der Waals surface area contributed by atoms with Crippen LogP contribution in [0.15, 0.2) is 0 Å². The first-order valence-electron chi connectivity index (χ1n) is 11.3. The number of halogens is 1. The number of thioether (sulfide) groups is 1. The monoisotopic (exact) mass is 543 g/mol. The summed E-state index contributed by atoms with van der Waals surface area (Å²) in [7, 11) is -4.95. The molecule has 2 fully saturated rings. The third kappa shape index (κ3) is 8.59. The number of phosphoric ester groups is 1. The molecule has 196 valence electrons. The van der Waals surface area contributed by atoms with Gasteiger partial charge in [0.25, 0.3) is 0 Å². The molecule has 0 aromatic heterocycles. The minimum atomic E-state index is -4.95. The molecule has 2 heterocycles. The van der Waals surface area contributed by atoms with Crippen molar-refractivity contribution in [3.05, 3.63) is 11.4 Å². The molecule has 2 aliphatic heterocycles. The van der Waals surface area contributed by atoms with Crippen molar-refractivity contribution >= 4 is 37.1 Å². The number of nitrogens with one attached hydrogen (secondary N) is 2. The summed E-state index contributed by atoms with van der Waals surface area (Å²) in [6.45, 7) is 9.69. The van der Waals surface area contributed by atoms with Crippen LogP contribution in [0.1, 0.15) is 39.0 Å². The Morgan fingerprint density at radius 1 is 1.35 bits per heavy atom. The van der Waals surface area contributed by atoms with E-state index in [4.69, 9.17) is 32.7 Å². The molecule has 9 atom stereocenters. The summed E-state index contributed by atoms with van der Waals surface area (Å²) in [4.78, 5) is 34.7. The van der Waals surface area contributed by atoms with E-state index in [-0.39, 0.29) is 5.91 Å². The number of aliphatic hydroxyl groups excluding tert-OH is 2. The highest BCUT2D eigenvalue weighted by atomic mass is 35.5. The van der Waals surface area contributed by atoms with E-state index >= 15 is 0 Å². The number of ether oxygens (including phenoxy) is 1. The molecule has 0 aromatic carbocycles. The number of amides is 1. The van der Waals surface area contributed by atoms with Gasteiger partial charge >= 0.3 is 7.82 Å². The van der Waals surface area contributed by atoms with Gasteiger partial charge in [-0.25, -0.2) is 11.1 Å². The number of phosphoric acid groups is 1. The van der Waals surface area contributed by atoms with E-state index in [9.17, 15) is 19.6 Å². The molecule has 0 saturated carbocycles. The zero-order valence-electron chi connectivity index (χ0n) is 19.2. The molecule has 0 aromatic rings. The highest BCUT2D eigenvalue weighted by molar-refractivity contribution is 7.99. The minimum Gasteiger partial charge on any atom is -0.388 e. The second-order valence-electron chi connectivity index (χ2n) is 8.72. The maximum Gasteiger partial charge on any atom is 0.470 e. The van der Waals surface area contributed by atoms with Crippen molar-refractivity contribution < 1.29 is 38.6 Å². The minimum absolute atomic E-state index is 0.307. The van der Waals surface area contributed by atoms with E-state index in [1.54, 1.807) is 13.2 Å². The van der Waals surface area contributed by atoms with Gasteiger partial charge in [-0.1, -0.05) is 0 Å². The largest absolute Gasteiger partial charge is 0.470 e. The van der Waals surface area contributed by atoms with Crippen molar-refractivity contribution in [3.8, 4) is 0 Å². The molecular formula is C20H35ClN3O8PS. The Morgan fingerprint density at radius 3 is 2.65 bits per heavy atom. The Hall–Kier alpha value is -0.450. The first kappa shape index (κ1) is 29.8. The molecule has 0 radical (unpaired) electrons. The molecule has 0 bridgehead atoms.